The molecule has 2 nitrogen and oxygen atoms in total. The van der Waals surface area contributed by atoms with E-state index in [2.05, 4.69) is 41.6 Å². The second-order valence-corrected chi connectivity index (χ2v) is 7.59. The minimum Gasteiger partial charge on any atom is -0.508 e. The number of aromatic hydroxyl groups is 1. The summed E-state index contributed by atoms with van der Waals surface area (Å²) in [4.78, 5) is 0. The van der Waals surface area contributed by atoms with Crippen LogP contribution in [0.2, 0.25) is 0 Å². The van der Waals surface area contributed by atoms with Gasteiger partial charge >= 0.3 is 0 Å². The van der Waals surface area contributed by atoms with E-state index in [1.807, 2.05) is 18.2 Å². The molecule has 0 saturated heterocycles. The molecule has 0 radical (unpaired) electrons. The van der Waals surface area contributed by atoms with Gasteiger partial charge in [0.15, 0.2) is 0 Å². The van der Waals surface area contributed by atoms with Gasteiger partial charge in [-0.05, 0) is 84.5 Å². The first kappa shape index (κ1) is 17.2. The zero-order chi connectivity index (χ0) is 18.2. The summed E-state index contributed by atoms with van der Waals surface area (Å²) in [6.45, 7) is 0. The Morgan fingerprint density at radius 1 is 1.04 bits per heavy atom. The van der Waals surface area contributed by atoms with Gasteiger partial charge in [0.25, 0.3) is 0 Å². The Balaban J connectivity index is 1.87. The highest BCUT2D eigenvalue weighted by molar-refractivity contribution is 6.30. The van der Waals surface area contributed by atoms with Crippen molar-refractivity contribution in [2.45, 2.75) is 43.1 Å². The zero-order valence-corrected chi connectivity index (χ0v) is 15.3. The van der Waals surface area contributed by atoms with Crippen molar-refractivity contribution in [2.75, 3.05) is 0 Å². The summed E-state index contributed by atoms with van der Waals surface area (Å²) in [5.74, 6) is 3.07. The van der Waals surface area contributed by atoms with Gasteiger partial charge in [-0.15, -0.1) is 0 Å². The first-order valence-electron chi connectivity index (χ1n) is 8.98. The van der Waals surface area contributed by atoms with Crippen LogP contribution in [0.4, 0.5) is 0 Å². The Labute approximate surface area is 159 Å². The van der Waals surface area contributed by atoms with E-state index in [0.717, 1.165) is 25.7 Å². The van der Waals surface area contributed by atoms with Crippen LogP contribution in [0.1, 0.15) is 36.0 Å². The van der Waals surface area contributed by atoms with Gasteiger partial charge in [-0.2, -0.15) is 0 Å². The van der Waals surface area contributed by atoms with E-state index in [4.69, 9.17) is 11.6 Å². The van der Waals surface area contributed by atoms with Crippen LogP contribution in [0.15, 0.2) is 60.2 Å². The van der Waals surface area contributed by atoms with Crippen LogP contribution in [-0.4, -0.2) is 15.8 Å². The van der Waals surface area contributed by atoms with E-state index in [1.165, 1.54) is 22.3 Å². The number of aryl methyl sites for hydroxylation is 1. The topological polar surface area (TPSA) is 40.5 Å². The molecule has 0 amide bonds. The lowest BCUT2D eigenvalue weighted by atomic mass is 9.58. The van der Waals surface area contributed by atoms with Gasteiger partial charge in [0, 0.05) is 10.8 Å². The van der Waals surface area contributed by atoms with Gasteiger partial charge in [-0.25, -0.2) is 0 Å². The molecule has 3 heteroatoms. The highest BCUT2D eigenvalue weighted by Gasteiger charge is 2.46. The third-order valence-electron chi connectivity index (χ3n) is 5.84. The second kappa shape index (κ2) is 6.50. The average Bonchev–Trinajstić information content (AvgIpc) is 2.63. The van der Waals surface area contributed by atoms with Crippen molar-refractivity contribution >= 4 is 11.6 Å². The van der Waals surface area contributed by atoms with Crippen molar-refractivity contribution in [3.05, 3.63) is 76.9 Å². The first-order valence-corrected chi connectivity index (χ1v) is 9.36. The number of fused-ring (bicyclic) bond motifs is 3. The van der Waals surface area contributed by atoms with Gasteiger partial charge in [-0.1, -0.05) is 42.0 Å². The lowest BCUT2D eigenvalue weighted by Crippen LogP contribution is -2.43. The Morgan fingerprint density at radius 3 is 2.62 bits per heavy atom. The molecule has 4 rings (SSSR count). The summed E-state index contributed by atoms with van der Waals surface area (Å²) in [6.07, 6.45) is 5.87. The Morgan fingerprint density at radius 2 is 1.85 bits per heavy atom. The van der Waals surface area contributed by atoms with Gasteiger partial charge < -0.3 is 10.2 Å². The average molecular weight is 365 g/mol. The first-order chi connectivity index (χ1) is 12.5. The van der Waals surface area contributed by atoms with E-state index in [-0.39, 0.29) is 5.41 Å². The van der Waals surface area contributed by atoms with E-state index >= 15 is 0 Å². The molecule has 0 aromatic heterocycles. The molecule has 0 spiro atoms. The Hall–Kier alpha value is -2.21. The predicted molar refractivity (Wildman–Crippen MR) is 104 cm³/mol. The van der Waals surface area contributed by atoms with E-state index in [9.17, 15) is 10.2 Å². The maximum absolute atomic E-state index is 10.8. The number of hydrogen-bond donors (Lipinski definition) is 2. The summed E-state index contributed by atoms with van der Waals surface area (Å²) in [5.41, 5.74) is 3.65. The van der Waals surface area contributed by atoms with Crippen molar-refractivity contribution < 1.29 is 10.2 Å². The molecule has 0 heterocycles. The van der Waals surface area contributed by atoms with Crippen molar-refractivity contribution in [1.29, 1.82) is 0 Å². The van der Waals surface area contributed by atoms with Crippen LogP contribution in [0.25, 0.3) is 0 Å². The quantitative estimate of drug-likeness (QED) is 0.609. The van der Waals surface area contributed by atoms with Crippen molar-refractivity contribution in [3.8, 4) is 17.0 Å². The minimum absolute atomic E-state index is 0.164. The van der Waals surface area contributed by atoms with Crippen LogP contribution < -0.4 is 0 Å². The number of benzene rings is 2. The Kier molecular flexibility index (Phi) is 4.31. The fourth-order valence-electron chi connectivity index (χ4n) is 4.63. The van der Waals surface area contributed by atoms with E-state index < -0.39 is 5.60 Å². The number of phenolic OH excluding ortho intramolecular Hbond substituents is 1. The molecule has 2 atom stereocenters. The highest BCUT2D eigenvalue weighted by Crippen LogP contribution is 2.51. The van der Waals surface area contributed by atoms with Crippen molar-refractivity contribution in [1.82, 2.24) is 0 Å². The molecular weight excluding hydrogens is 344 g/mol. The molecule has 2 aromatic carbocycles. The van der Waals surface area contributed by atoms with Gasteiger partial charge in [0.2, 0.25) is 0 Å². The summed E-state index contributed by atoms with van der Waals surface area (Å²) in [7, 11) is 0. The van der Waals surface area contributed by atoms with Gasteiger partial charge in [-0.3, -0.25) is 0 Å². The molecule has 0 aliphatic heterocycles. The van der Waals surface area contributed by atoms with Gasteiger partial charge in [0.05, 0.1) is 0 Å². The number of hydrogen-bond acceptors (Lipinski definition) is 2. The van der Waals surface area contributed by atoms with E-state index in [1.54, 1.807) is 6.07 Å². The molecule has 0 saturated carbocycles. The maximum Gasteiger partial charge on any atom is 0.145 e. The van der Waals surface area contributed by atoms with Gasteiger partial charge in [0.1, 0.15) is 11.4 Å². The summed E-state index contributed by atoms with van der Waals surface area (Å²) >= 11 is 5.58. The molecule has 0 unspecified atom stereocenters. The zero-order valence-electron chi connectivity index (χ0n) is 14.5. The molecule has 2 aliphatic carbocycles. The summed E-state index contributed by atoms with van der Waals surface area (Å²) in [5, 5.41) is 23.1. The maximum atomic E-state index is 10.8. The SMILES string of the molecule is Oc1ccc2c(c1)CCC1=C[C@@](O)(C#CCl)CC[C@@]12Cc1ccccc1. The highest BCUT2D eigenvalue weighted by atomic mass is 35.5. The molecule has 26 heavy (non-hydrogen) atoms. The lowest BCUT2D eigenvalue weighted by molar-refractivity contribution is 0.116. The number of rotatable bonds is 2. The molecule has 2 aromatic rings. The molecular formula is C23H21ClO2. The third-order valence-corrected chi connectivity index (χ3v) is 5.94. The predicted octanol–water partition coefficient (Wildman–Crippen LogP) is 4.47. The Bertz CT molecular complexity index is 922. The van der Waals surface area contributed by atoms with E-state index in [0.29, 0.717) is 12.2 Å². The minimum atomic E-state index is -1.15. The molecule has 0 fully saturated rings. The fraction of sp³-hybridized carbons (Fsp3) is 0.304. The third kappa shape index (κ3) is 2.92. The van der Waals surface area contributed by atoms with Crippen molar-refractivity contribution in [2.24, 2.45) is 0 Å². The molecule has 132 valence electrons. The normalized spacial score (nSPS) is 26.8. The number of aliphatic hydroxyl groups is 1. The number of phenols is 1. The summed E-state index contributed by atoms with van der Waals surface area (Å²) < 4.78 is 0. The monoisotopic (exact) mass is 364 g/mol. The van der Waals surface area contributed by atoms with Crippen molar-refractivity contribution in [3.63, 3.8) is 0 Å². The van der Waals surface area contributed by atoms with Crippen LogP contribution in [0, 0.1) is 11.3 Å². The number of allylic oxidation sites excluding steroid dienone is 1. The smallest absolute Gasteiger partial charge is 0.145 e. The van der Waals surface area contributed by atoms with Crippen LogP contribution in [0.5, 0.6) is 5.75 Å². The standard InChI is InChI=1S/C23H21ClO2/c24-13-12-22(26)10-11-23(15-17-4-2-1-3-5-17)19(16-22)7-6-18-14-20(25)8-9-21(18)23/h1-5,8-9,14,16,25-26H,6-7,10-11,15H2/t22-,23+/m0/s1. The fourth-order valence-corrected chi connectivity index (χ4v) is 4.79. The molecule has 2 N–H and O–H groups in total. The van der Waals surface area contributed by atoms with Crippen LogP contribution >= 0.6 is 11.6 Å². The van der Waals surface area contributed by atoms with Crippen LogP contribution in [-0.2, 0) is 18.3 Å². The summed E-state index contributed by atoms with van der Waals surface area (Å²) in [6, 6.07) is 16.2. The largest absolute Gasteiger partial charge is 0.508 e. The number of halogens is 1. The molecule has 2 aliphatic rings. The second-order valence-electron chi connectivity index (χ2n) is 7.40. The molecule has 0 bridgehead atoms. The lowest BCUT2D eigenvalue weighted by Gasteiger charge is -2.47. The van der Waals surface area contributed by atoms with Crippen LogP contribution in [0.3, 0.4) is 0 Å².